The average molecular weight is 228 g/mol. The molecule has 3 nitrogen and oxygen atoms in total. The number of benzene rings is 1. The number of carbonyl (C=O) groups is 1. The Morgan fingerprint density at radius 3 is 2.44 bits per heavy atom. The minimum absolute atomic E-state index is 0.0465. The third-order valence-electron chi connectivity index (χ3n) is 2.95. The summed E-state index contributed by atoms with van der Waals surface area (Å²) in [6.45, 7) is 0. The number of carboxylic acids is 1. The summed E-state index contributed by atoms with van der Waals surface area (Å²) in [5.41, 5.74) is -0.741. The molecule has 1 aromatic rings. The van der Waals surface area contributed by atoms with Crippen molar-refractivity contribution in [3.63, 3.8) is 0 Å². The van der Waals surface area contributed by atoms with Crippen LogP contribution in [0, 0.1) is 11.6 Å². The summed E-state index contributed by atoms with van der Waals surface area (Å²) in [5, 5.41) is 17.7. The smallest absolute Gasteiger partial charge is 0.304 e. The Kier molecular flexibility index (Phi) is 2.33. The Morgan fingerprint density at radius 2 is 1.94 bits per heavy atom. The van der Waals surface area contributed by atoms with Crippen LogP contribution in [0.5, 0.6) is 5.75 Å². The number of aromatic hydroxyl groups is 1. The number of phenols is 1. The first-order chi connectivity index (χ1) is 7.44. The maximum atomic E-state index is 13.5. The summed E-state index contributed by atoms with van der Waals surface area (Å²) >= 11 is 0. The predicted octanol–water partition coefficient (Wildman–Crippen LogP) is 2.18. The van der Waals surface area contributed by atoms with Crippen LogP contribution < -0.4 is 0 Å². The number of carboxylic acid groups (broad SMARTS) is 1. The lowest BCUT2D eigenvalue weighted by atomic mass is 9.92. The number of aliphatic carboxylic acids is 1. The van der Waals surface area contributed by atoms with Crippen molar-refractivity contribution < 1.29 is 23.8 Å². The molecule has 0 spiro atoms. The first-order valence-corrected chi connectivity index (χ1v) is 4.85. The molecule has 2 N–H and O–H groups in total. The normalized spacial score (nSPS) is 17.1. The van der Waals surface area contributed by atoms with Gasteiger partial charge in [0.2, 0.25) is 0 Å². The van der Waals surface area contributed by atoms with E-state index in [2.05, 4.69) is 0 Å². The van der Waals surface area contributed by atoms with E-state index in [1.54, 1.807) is 0 Å². The van der Waals surface area contributed by atoms with E-state index in [1.165, 1.54) is 0 Å². The second-order valence-electron chi connectivity index (χ2n) is 4.13. The minimum Gasteiger partial charge on any atom is -0.505 e. The Hall–Kier alpha value is -1.65. The SMILES string of the molecule is O=C(O)CC1(c2cc(F)c(O)cc2F)CC1. The van der Waals surface area contributed by atoms with Crippen molar-refractivity contribution in [1.82, 2.24) is 0 Å². The molecule has 86 valence electrons. The van der Waals surface area contributed by atoms with Gasteiger partial charge in [-0.25, -0.2) is 8.78 Å². The maximum absolute atomic E-state index is 13.5. The highest BCUT2D eigenvalue weighted by Gasteiger charge is 2.48. The lowest BCUT2D eigenvalue weighted by Crippen LogP contribution is -2.15. The van der Waals surface area contributed by atoms with E-state index < -0.39 is 28.8 Å². The fourth-order valence-corrected chi connectivity index (χ4v) is 1.92. The first kappa shape index (κ1) is 10.9. The molecule has 0 unspecified atom stereocenters. The summed E-state index contributed by atoms with van der Waals surface area (Å²) in [4.78, 5) is 10.6. The van der Waals surface area contributed by atoms with E-state index in [9.17, 15) is 13.6 Å². The largest absolute Gasteiger partial charge is 0.505 e. The van der Waals surface area contributed by atoms with E-state index in [0.717, 1.165) is 6.07 Å². The van der Waals surface area contributed by atoms with Crippen molar-refractivity contribution in [3.05, 3.63) is 29.3 Å². The molecule has 5 heteroatoms. The van der Waals surface area contributed by atoms with Gasteiger partial charge in [0.15, 0.2) is 11.6 Å². The molecule has 0 radical (unpaired) electrons. The fourth-order valence-electron chi connectivity index (χ4n) is 1.92. The highest BCUT2D eigenvalue weighted by atomic mass is 19.1. The lowest BCUT2D eigenvalue weighted by Gasteiger charge is -2.14. The predicted molar refractivity (Wildman–Crippen MR) is 51.2 cm³/mol. The molecule has 1 aliphatic carbocycles. The molecule has 0 aliphatic heterocycles. The van der Waals surface area contributed by atoms with E-state index >= 15 is 0 Å². The van der Waals surface area contributed by atoms with Crippen molar-refractivity contribution in [2.24, 2.45) is 0 Å². The van der Waals surface area contributed by atoms with Crippen LogP contribution in [0.3, 0.4) is 0 Å². The van der Waals surface area contributed by atoms with Crippen molar-refractivity contribution in [2.45, 2.75) is 24.7 Å². The molecule has 0 aromatic heterocycles. The van der Waals surface area contributed by atoms with Gasteiger partial charge in [-0.05, 0) is 24.5 Å². The van der Waals surface area contributed by atoms with Gasteiger partial charge in [-0.2, -0.15) is 0 Å². The molecule has 0 saturated heterocycles. The van der Waals surface area contributed by atoms with Crippen molar-refractivity contribution in [1.29, 1.82) is 0 Å². The zero-order chi connectivity index (χ0) is 11.9. The van der Waals surface area contributed by atoms with Crippen molar-refractivity contribution >= 4 is 5.97 Å². The fraction of sp³-hybridized carbons (Fsp3) is 0.364. The maximum Gasteiger partial charge on any atom is 0.304 e. The van der Waals surface area contributed by atoms with Crippen LogP contribution in [-0.2, 0) is 10.2 Å². The van der Waals surface area contributed by atoms with E-state index in [4.69, 9.17) is 10.2 Å². The summed E-state index contributed by atoms with van der Waals surface area (Å²) in [7, 11) is 0. The number of hydrogen-bond donors (Lipinski definition) is 2. The Bertz CT molecular complexity index is 453. The second kappa shape index (κ2) is 3.43. The average Bonchev–Trinajstić information content (AvgIpc) is 2.91. The standard InChI is InChI=1S/C11H10F2O3/c12-7-4-9(14)8(13)3-6(7)11(1-2-11)5-10(15)16/h3-4,14H,1-2,5H2,(H,15,16). The Labute approximate surface area is 90.3 Å². The summed E-state index contributed by atoms with van der Waals surface area (Å²) in [6.07, 6.45) is 0.842. The molecule has 2 rings (SSSR count). The van der Waals surface area contributed by atoms with Gasteiger partial charge < -0.3 is 10.2 Å². The molecule has 0 heterocycles. The molecule has 0 atom stereocenters. The van der Waals surface area contributed by atoms with Crippen LogP contribution in [0.1, 0.15) is 24.8 Å². The Balaban J connectivity index is 2.41. The Morgan fingerprint density at radius 1 is 1.31 bits per heavy atom. The third kappa shape index (κ3) is 1.73. The van der Waals surface area contributed by atoms with Crippen LogP contribution in [0.15, 0.2) is 12.1 Å². The first-order valence-electron chi connectivity index (χ1n) is 4.85. The van der Waals surface area contributed by atoms with Crippen LogP contribution in [-0.4, -0.2) is 16.2 Å². The van der Waals surface area contributed by atoms with E-state index in [1.807, 2.05) is 0 Å². The van der Waals surface area contributed by atoms with Gasteiger partial charge >= 0.3 is 5.97 Å². The number of halogens is 2. The van der Waals surface area contributed by atoms with Gasteiger partial charge in [0, 0.05) is 11.5 Å². The van der Waals surface area contributed by atoms with Gasteiger partial charge in [0.1, 0.15) is 5.82 Å². The summed E-state index contributed by atoms with van der Waals surface area (Å²) in [5.74, 6) is -3.47. The van der Waals surface area contributed by atoms with Crippen LogP contribution >= 0.6 is 0 Å². The van der Waals surface area contributed by atoms with Crippen molar-refractivity contribution in [2.75, 3.05) is 0 Å². The molecular weight excluding hydrogens is 218 g/mol. The van der Waals surface area contributed by atoms with E-state index in [0.29, 0.717) is 18.9 Å². The second-order valence-corrected chi connectivity index (χ2v) is 4.13. The molecule has 1 saturated carbocycles. The minimum atomic E-state index is -1.04. The number of phenolic OH excluding ortho intramolecular Hbond substituents is 1. The molecule has 1 aliphatic rings. The quantitative estimate of drug-likeness (QED) is 0.833. The van der Waals surface area contributed by atoms with Gasteiger partial charge in [-0.1, -0.05) is 0 Å². The molecule has 1 fully saturated rings. The molecule has 0 bridgehead atoms. The van der Waals surface area contributed by atoms with Gasteiger partial charge in [-0.3, -0.25) is 4.79 Å². The van der Waals surface area contributed by atoms with Gasteiger partial charge in [0.25, 0.3) is 0 Å². The van der Waals surface area contributed by atoms with Crippen LogP contribution in [0.2, 0.25) is 0 Å². The summed E-state index contributed by atoms with van der Waals surface area (Å²) in [6, 6.07) is 1.58. The number of rotatable bonds is 3. The lowest BCUT2D eigenvalue weighted by molar-refractivity contribution is -0.137. The molecule has 0 amide bonds. The zero-order valence-electron chi connectivity index (χ0n) is 8.33. The topological polar surface area (TPSA) is 57.5 Å². The highest BCUT2D eigenvalue weighted by Crippen LogP contribution is 2.52. The molecule has 1 aromatic carbocycles. The van der Waals surface area contributed by atoms with Crippen molar-refractivity contribution in [3.8, 4) is 5.75 Å². The van der Waals surface area contributed by atoms with Crippen LogP contribution in [0.25, 0.3) is 0 Å². The molecular formula is C11H10F2O3. The highest BCUT2D eigenvalue weighted by molar-refractivity contribution is 5.70. The van der Waals surface area contributed by atoms with Crippen LogP contribution in [0.4, 0.5) is 8.78 Å². The monoisotopic (exact) mass is 228 g/mol. The number of hydrogen-bond acceptors (Lipinski definition) is 2. The van der Waals surface area contributed by atoms with Gasteiger partial charge in [0.05, 0.1) is 6.42 Å². The van der Waals surface area contributed by atoms with Gasteiger partial charge in [-0.15, -0.1) is 0 Å². The summed E-state index contributed by atoms with van der Waals surface area (Å²) < 4.78 is 26.6. The third-order valence-corrected chi connectivity index (χ3v) is 2.95. The zero-order valence-corrected chi connectivity index (χ0v) is 8.33. The van der Waals surface area contributed by atoms with E-state index in [-0.39, 0.29) is 12.0 Å². The molecule has 16 heavy (non-hydrogen) atoms.